The van der Waals surface area contributed by atoms with Crippen LogP contribution in [0.15, 0.2) is 30.3 Å². The van der Waals surface area contributed by atoms with Gasteiger partial charge in [0.05, 0.1) is 16.9 Å². The molecule has 0 fully saturated rings. The van der Waals surface area contributed by atoms with Gasteiger partial charge in [-0.2, -0.15) is 5.10 Å². The Labute approximate surface area is 100 Å². The highest BCUT2D eigenvalue weighted by Gasteiger charge is 2.17. The summed E-state index contributed by atoms with van der Waals surface area (Å²) < 4.78 is 1.79. The van der Waals surface area contributed by atoms with E-state index in [1.54, 1.807) is 4.68 Å². The van der Waals surface area contributed by atoms with Gasteiger partial charge in [0.2, 0.25) is 0 Å². The molecule has 4 heteroatoms. The van der Waals surface area contributed by atoms with E-state index < -0.39 is 0 Å². The molecule has 2 rings (SSSR count). The van der Waals surface area contributed by atoms with Crippen molar-refractivity contribution >= 4 is 12.1 Å². The van der Waals surface area contributed by atoms with Gasteiger partial charge in [-0.05, 0) is 19.1 Å². The first-order valence-corrected chi connectivity index (χ1v) is 5.42. The molecular weight excluding hydrogens is 214 g/mol. The van der Waals surface area contributed by atoms with Crippen molar-refractivity contribution in [1.82, 2.24) is 9.78 Å². The monoisotopic (exact) mass is 229 g/mol. The van der Waals surface area contributed by atoms with Gasteiger partial charge in [0.1, 0.15) is 5.82 Å². The van der Waals surface area contributed by atoms with Crippen molar-refractivity contribution in [2.24, 2.45) is 0 Å². The normalized spacial score (nSPS) is 10.3. The minimum Gasteiger partial charge on any atom is -0.362 e. The maximum Gasteiger partial charge on any atom is 0.155 e. The fourth-order valence-electron chi connectivity index (χ4n) is 1.84. The fourth-order valence-corrected chi connectivity index (χ4v) is 1.84. The van der Waals surface area contributed by atoms with Gasteiger partial charge in [-0.3, -0.25) is 4.79 Å². The first-order chi connectivity index (χ1) is 8.15. The minimum atomic E-state index is 0.638. The van der Waals surface area contributed by atoms with Crippen LogP contribution in [0.5, 0.6) is 0 Å². The van der Waals surface area contributed by atoms with Crippen LogP contribution < -0.4 is 4.90 Å². The Kier molecular flexibility index (Phi) is 2.95. The van der Waals surface area contributed by atoms with E-state index >= 15 is 0 Å². The molecule has 0 amide bonds. The van der Waals surface area contributed by atoms with Gasteiger partial charge < -0.3 is 4.90 Å². The predicted octanol–water partition coefficient (Wildman–Crippen LogP) is 2.06. The second-order valence-electron chi connectivity index (χ2n) is 4.08. The lowest BCUT2D eigenvalue weighted by Gasteiger charge is -2.15. The molecule has 0 aliphatic rings. The molecular formula is C13H15N3O. The minimum absolute atomic E-state index is 0.638. The second-order valence-corrected chi connectivity index (χ2v) is 4.08. The number of aryl methyl sites for hydroxylation is 1. The molecule has 1 heterocycles. The predicted molar refractivity (Wildman–Crippen MR) is 68.0 cm³/mol. The number of carbonyl (C=O) groups excluding carboxylic acids is 1. The van der Waals surface area contributed by atoms with E-state index in [1.807, 2.05) is 56.3 Å². The van der Waals surface area contributed by atoms with Crippen LogP contribution in [0.2, 0.25) is 0 Å². The molecule has 0 unspecified atom stereocenters. The average Bonchev–Trinajstić information content (AvgIpc) is 2.67. The summed E-state index contributed by atoms with van der Waals surface area (Å²) in [6.45, 7) is 1.84. The standard InChI is InChI=1S/C13H15N3O/c1-10-12(9-17)13(15(2)3)16(14-10)11-7-5-4-6-8-11/h4-9H,1-3H3. The molecule has 0 N–H and O–H groups in total. The summed E-state index contributed by atoms with van der Waals surface area (Å²) in [7, 11) is 3.81. The van der Waals surface area contributed by atoms with E-state index in [9.17, 15) is 4.79 Å². The summed E-state index contributed by atoms with van der Waals surface area (Å²) in [6, 6.07) is 9.79. The highest BCUT2D eigenvalue weighted by atomic mass is 16.1. The van der Waals surface area contributed by atoms with Gasteiger partial charge in [-0.15, -0.1) is 0 Å². The molecule has 0 radical (unpaired) electrons. The zero-order chi connectivity index (χ0) is 12.4. The number of carbonyl (C=O) groups is 1. The third kappa shape index (κ3) is 1.93. The molecule has 0 atom stereocenters. The van der Waals surface area contributed by atoms with E-state index in [2.05, 4.69) is 5.10 Å². The summed E-state index contributed by atoms with van der Waals surface area (Å²) >= 11 is 0. The van der Waals surface area contributed by atoms with E-state index in [-0.39, 0.29) is 0 Å². The van der Waals surface area contributed by atoms with Crippen molar-refractivity contribution in [3.8, 4) is 5.69 Å². The average molecular weight is 229 g/mol. The summed E-state index contributed by atoms with van der Waals surface area (Å²) in [5.74, 6) is 0.809. The van der Waals surface area contributed by atoms with Crippen molar-refractivity contribution in [1.29, 1.82) is 0 Å². The van der Waals surface area contributed by atoms with Crippen LogP contribution in [-0.4, -0.2) is 30.2 Å². The molecule has 17 heavy (non-hydrogen) atoms. The zero-order valence-electron chi connectivity index (χ0n) is 10.2. The van der Waals surface area contributed by atoms with Crippen molar-refractivity contribution in [3.05, 3.63) is 41.6 Å². The third-order valence-electron chi connectivity index (χ3n) is 2.62. The van der Waals surface area contributed by atoms with Crippen molar-refractivity contribution in [3.63, 3.8) is 0 Å². The van der Waals surface area contributed by atoms with Crippen LogP contribution >= 0.6 is 0 Å². The summed E-state index contributed by atoms with van der Waals surface area (Å²) in [5.41, 5.74) is 2.33. The highest BCUT2D eigenvalue weighted by molar-refractivity contribution is 5.85. The number of benzene rings is 1. The quantitative estimate of drug-likeness (QED) is 0.756. The Hall–Kier alpha value is -2.10. The largest absolute Gasteiger partial charge is 0.362 e. The van der Waals surface area contributed by atoms with Gasteiger partial charge in [0.25, 0.3) is 0 Å². The first-order valence-electron chi connectivity index (χ1n) is 5.42. The molecule has 0 saturated carbocycles. The molecule has 0 spiro atoms. The summed E-state index contributed by atoms with van der Waals surface area (Å²) in [4.78, 5) is 13.0. The SMILES string of the molecule is Cc1nn(-c2ccccc2)c(N(C)C)c1C=O. The smallest absolute Gasteiger partial charge is 0.155 e. The van der Waals surface area contributed by atoms with Gasteiger partial charge >= 0.3 is 0 Å². The van der Waals surface area contributed by atoms with Gasteiger partial charge in [-0.25, -0.2) is 4.68 Å². The highest BCUT2D eigenvalue weighted by Crippen LogP contribution is 2.24. The van der Waals surface area contributed by atoms with Crippen molar-refractivity contribution in [2.75, 3.05) is 19.0 Å². The number of rotatable bonds is 3. The number of hydrogen-bond acceptors (Lipinski definition) is 3. The second kappa shape index (κ2) is 4.41. The summed E-state index contributed by atoms with van der Waals surface area (Å²) in [5, 5.41) is 4.42. The molecule has 4 nitrogen and oxygen atoms in total. The van der Waals surface area contributed by atoms with Crippen LogP contribution in [0.25, 0.3) is 5.69 Å². The fraction of sp³-hybridized carbons (Fsp3) is 0.231. The Bertz CT molecular complexity index is 529. The Balaban J connectivity index is 2.66. The molecule has 1 aromatic heterocycles. The maximum absolute atomic E-state index is 11.1. The van der Waals surface area contributed by atoms with E-state index in [0.29, 0.717) is 5.56 Å². The molecule has 1 aromatic carbocycles. The molecule has 2 aromatic rings. The van der Waals surface area contributed by atoms with Crippen LogP contribution in [0, 0.1) is 6.92 Å². The van der Waals surface area contributed by atoms with Crippen molar-refractivity contribution in [2.45, 2.75) is 6.92 Å². The van der Waals surface area contributed by atoms with Crippen LogP contribution in [0.1, 0.15) is 16.1 Å². The van der Waals surface area contributed by atoms with Gasteiger partial charge in [0, 0.05) is 14.1 Å². The Morgan fingerprint density at radius 1 is 1.24 bits per heavy atom. The zero-order valence-corrected chi connectivity index (χ0v) is 10.2. The number of nitrogens with zero attached hydrogens (tertiary/aromatic N) is 3. The lowest BCUT2D eigenvalue weighted by atomic mass is 10.2. The van der Waals surface area contributed by atoms with Crippen LogP contribution in [0.3, 0.4) is 0 Å². The number of para-hydroxylation sites is 1. The lowest BCUT2D eigenvalue weighted by molar-refractivity contribution is 0.112. The lowest BCUT2D eigenvalue weighted by Crippen LogP contribution is -2.15. The van der Waals surface area contributed by atoms with Gasteiger partial charge in [-0.1, -0.05) is 18.2 Å². The van der Waals surface area contributed by atoms with E-state index in [0.717, 1.165) is 23.5 Å². The summed E-state index contributed by atoms with van der Waals surface area (Å²) in [6.07, 6.45) is 0.858. The molecule has 0 aliphatic heterocycles. The van der Waals surface area contributed by atoms with Crippen LogP contribution in [0.4, 0.5) is 5.82 Å². The first kappa shape index (κ1) is 11.4. The van der Waals surface area contributed by atoms with Gasteiger partial charge in [0.15, 0.2) is 6.29 Å². The van der Waals surface area contributed by atoms with E-state index in [1.165, 1.54) is 0 Å². The molecule has 0 saturated heterocycles. The van der Waals surface area contributed by atoms with Crippen LogP contribution in [-0.2, 0) is 0 Å². The number of hydrogen-bond donors (Lipinski definition) is 0. The van der Waals surface area contributed by atoms with Crippen molar-refractivity contribution < 1.29 is 4.79 Å². The Morgan fingerprint density at radius 2 is 1.88 bits per heavy atom. The number of aromatic nitrogens is 2. The molecule has 0 bridgehead atoms. The molecule has 0 aliphatic carbocycles. The van der Waals surface area contributed by atoms with E-state index in [4.69, 9.17) is 0 Å². The Morgan fingerprint density at radius 3 is 2.41 bits per heavy atom. The number of anilines is 1. The molecule has 88 valence electrons. The topological polar surface area (TPSA) is 38.1 Å². The number of aldehydes is 1. The third-order valence-corrected chi connectivity index (χ3v) is 2.62. The maximum atomic E-state index is 11.1.